The molecule has 1 heterocycles. The summed E-state index contributed by atoms with van der Waals surface area (Å²) in [4.78, 5) is 16.8. The number of nitrogens with zero attached hydrogens (tertiary/aromatic N) is 1. The van der Waals surface area contributed by atoms with E-state index >= 15 is 0 Å². The topological polar surface area (TPSA) is 62.2 Å². The minimum absolute atomic E-state index is 0.0757. The number of hydrogen-bond acceptors (Lipinski definition) is 4. The molecule has 5 heteroatoms. The first-order chi connectivity index (χ1) is 11.7. The third-order valence-corrected chi connectivity index (χ3v) is 5.69. The molecular weight excluding hydrogens is 332 g/mol. The van der Waals surface area contributed by atoms with Crippen molar-refractivity contribution in [3.8, 4) is 0 Å². The van der Waals surface area contributed by atoms with Crippen LogP contribution in [-0.2, 0) is 4.79 Å². The SMILES string of the molecule is Cc1ccc(/C=C/C(=O)NC2CCCC(O)C2)c(SCC(C)(C)C)n1. The van der Waals surface area contributed by atoms with Crippen molar-refractivity contribution in [1.82, 2.24) is 10.3 Å². The normalized spacial score (nSPS) is 21.5. The summed E-state index contributed by atoms with van der Waals surface area (Å²) < 4.78 is 0. The average molecular weight is 363 g/mol. The van der Waals surface area contributed by atoms with E-state index in [2.05, 4.69) is 31.1 Å². The highest BCUT2D eigenvalue weighted by atomic mass is 32.2. The first-order valence-electron chi connectivity index (χ1n) is 9.00. The molecule has 1 amide bonds. The van der Waals surface area contributed by atoms with Crippen molar-refractivity contribution in [3.05, 3.63) is 29.5 Å². The predicted octanol–water partition coefficient (Wildman–Crippen LogP) is 3.96. The Bertz CT molecular complexity index is 623. The van der Waals surface area contributed by atoms with Gasteiger partial charge in [0.05, 0.1) is 6.10 Å². The molecule has 0 spiro atoms. The van der Waals surface area contributed by atoms with Crippen LogP contribution < -0.4 is 5.32 Å². The van der Waals surface area contributed by atoms with Crippen molar-refractivity contribution in [1.29, 1.82) is 0 Å². The number of carbonyl (C=O) groups excluding carboxylic acids is 1. The number of amides is 1. The van der Waals surface area contributed by atoms with E-state index < -0.39 is 0 Å². The highest BCUT2D eigenvalue weighted by molar-refractivity contribution is 7.99. The summed E-state index contributed by atoms with van der Waals surface area (Å²) in [5, 5.41) is 13.7. The van der Waals surface area contributed by atoms with Gasteiger partial charge in [0, 0.05) is 29.1 Å². The van der Waals surface area contributed by atoms with Gasteiger partial charge in [-0.25, -0.2) is 4.98 Å². The van der Waals surface area contributed by atoms with Crippen molar-refractivity contribution in [2.24, 2.45) is 5.41 Å². The fourth-order valence-electron chi connectivity index (χ4n) is 2.78. The molecule has 0 radical (unpaired) electrons. The van der Waals surface area contributed by atoms with Gasteiger partial charge in [-0.3, -0.25) is 4.79 Å². The Hall–Kier alpha value is -1.33. The van der Waals surface area contributed by atoms with E-state index in [0.29, 0.717) is 6.42 Å². The number of pyridine rings is 1. The smallest absolute Gasteiger partial charge is 0.244 e. The first-order valence-corrected chi connectivity index (χ1v) is 9.98. The van der Waals surface area contributed by atoms with E-state index in [1.54, 1.807) is 17.8 Å². The van der Waals surface area contributed by atoms with E-state index in [1.807, 2.05) is 25.1 Å². The maximum absolute atomic E-state index is 12.2. The zero-order chi connectivity index (χ0) is 18.4. The minimum atomic E-state index is -0.287. The van der Waals surface area contributed by atoms with Crippen LogP contribution in [0.3, 0.4) is 0 Å². The number of rotatable bonds is 5. The third kappa shape index (κ3) is 7.20. The summed E-state index contributed by atoms with van der Waals surface area (Å²) >= 11 is 1.73. The molecule has 2 N–H and O–H groups in total. The summed E-state index contributed by atoms with van der Waals surface area (Å²) in [5.74, 6) is 0.864. The predicted molar refractivity (Wildman–Crippen MR) is 105 cm³/mol. The molecule has 0 aliphatic heterocycles. The third-order valence-electron chi connectivity index (χ3n) is 4.08. The number of aryl methyl sites for hydroxylation is 1. The number of hydrogen-bond donors (Lipinski definition) is 2. The first kappa shape index (κ1) is 20.0. The molecule has 0 aromatic carbocycles. The molecule has 0 bridgehead atoms. The van der Waals surface area contributed by atoms with E-state index in [9.17, 15) is 9.90 Å². The van der Waals surface area contributed by atoms with Gasteiger partial charge in [-0.15, -0.1) is 11.8 Å². The van der Waals surface area contributed by atoms with Gasteiger partial charge in [-0.2, -0.15) is 0 Å². The monoisotopic (exact) mass is 362 g/mol. The molecule has 2 atom stereocenters. The average Bonchev–Trinajstić information content (AvgIpc) is 2.51. The van der Waals surface area contributed by atoms with Crippen molar-refractivity contribution in [2.45, 2.75) is 70.6 Å². The molecule has 2 rings (SSSR count). The maximum atomic E-state index is 12.2. The standard InChI is InChI=1S/C20H30N2O2S/c1-14-8-9-15(19(21-14)25-13-20(2,3)4)10-11-18(24)22-16-6-5-7-17(23)12-16/h8-11,16-17,23H,5-7,12-13H2,1-4H3,(H,22,24)/b11-10+. The lowest BCUT2D eigenvalue weighted by Gasteiger charge is -2.26. The molecule has 25 heavy (non-hydrogen) atoms. The summed E-state index contributed by atoms with van der Waals surface area (Å²) in [6, 6.07) is 4.06. The number of aliphatic hydroxyl groups is 1. The highest BCUT2D eigenvalue weighted by Gasteiger charge is 2.20. The Balaban J connectivity index is 2.00. The zero-order valence-electron chi connectivity index (χ0n) is 15.7. The van der Waals surface area contributed by atoms with Gasteiger partial charge in [-0.05, 0) is 50.2 Å². The minimum Gasteiger partial charge on any atom is -0.393 e. The van der Waals surface area contributed by atoms with Crippen LogP contribution in [0.1, 0.15) is 57.7 Å². The van der Waals surface area contributed by atoms with Crippen LogP contribution in [0, 0.1) is 12.3 Å². The van der Waals surface area contributed by atoms with Crippen LogP contribution in [-0.4, -0.2) is 33.9 Å². The summed E-state index contributed by atoms with van der Waals surface area (Å²) in [6.45, 7) is 8.60. The van der Waals surface area contributed by atoms with Crippen molar-refractivity contribution in [2.75, 3.05) is 5.75 Å². The van der Waals surface area contributed by atoms with Crippen LogP contribution >= 0.6 is 11.8 Å². The molecule has 2 unspecified atom stereocenters. The molecule has 138 valence electrons. The Kier molecular flexibility index (Phi) is 7.08. The maximum Gasteiger partial charge on any atom is 0.244 e. The van der Waals surface area contributed by atoms with Crippen LogP contribution in [0.15, 0.2) is 23.2 Å². The van der Waals surface area contributed by atoms with Crippen LogP contribution in [0.4, 0.5) is 0 Å². The molecule has 1 aliphatic rings. The summed E-state index contributed by atoms with van der Waals surface area (Å²) in [7, 11) is 0. The van der Waals surface area contributed by atoms with Gasteiger partial charge >= 0.3 is 0 Å². The van der Waals surface area contributed by atoms with Crippen LogP contribution in [0.5, 0.6) is 0 Å². The number of aromatic nitrogens is 1. The lowest BCUT2D eigenvalue weighted by atomic mass is 9.93. The van der Waals surface area contributed by atoms with Gasteiger partial charge in [0.1, 0.15) is 5.03 Å². The lowest BCUT2D eigenvalue weighted by Crippen LogP contribution is -2.38. The van der Waals surface area contributed by atoms with Crippen molar-refractivity contribution in [3.63, 3.8) is 0 Å². The van der Waals surface area contributed by atoms with Gasteiger partial charge in [0.2, 0.25) is 5.91 Å². The van der Waals surface area contributed by atoms with Crippen LogP contribution in [0.2, 0.25) is 0 Å². The molecule has 1 aliphatic carbocycles. The molecule has 4 nitrogen and oxygen atoms in total. The van der Waals surface area contributed by atoms with Gasteiger partial charge < -0.3 is 10.4 Å². The van der Waals surface area contributed by atoms with Gasteiger partial charge in [-0.1, -0.05) is 26.8 Å². The Morgan fingerprint density at radius 3 is 2.84 bits per heavy atom. The fraction of sp³-hybridized carbons (Fsp3) is 0.600. The largest absolute Gasteiger partial charge is 0.393 e. The van der Waals surface area contributed by atoms with Crippen molar-refractivity contribution >= 4 is 23.7 Å². The quantitative estimate of drug-likeness (QED) is 0.615. The lowest BCUT2D eigenvalue weighted by molar-refractivity contribution is -0.117. The summed E-state index contributed by atoms with van der Waals surface area (Å²) in [6.07, 6.45) is 6.52. The molecule has 1 saturated carbocycles. The zero-order valence-corrected chi connectivity index (χ0v) is 16.5. The van der Waals surface area contributed by atoms with E-state index in [4.69, 9.17) is 0 Å². The molecule has 1 aromatic heterocycles. The van der Waals surface area contributed by atoms with Gasteiger partial charge in [0.15, 0.2) is 0 Å². The van der Waals surface area contributed by atoms with Gasteiger partial charge in [0.25, 0.3) is 0 Å². The molecule has 1 fully saturated rings. The number of aliphatic hydroxyl groups excluding tert-OH is 1. The Labute approximate surface area is 155 Å². The van der Waals surface area contributed by atoms with E-state index in [0.717, 1.165) is 41.3 Å². The number of thioether (sulfide) groups is 1. The van der Waals surface area contributed by atoms with E-state index in [-0.39, 0.29) is 23.5 Å². The number of nitrogens with one attached hydrogen (secondary N) is 1. The second-order valence-electron chi connectivity index (χ2n) is 8.06. The Morgan fingerprint density at radius 2 is 2.16 bits per heavy atom. The fourth-order valence-corrected chi connectivity index (χ4v) is 3.86. The molecule has 1 aromatic rings. The second-order valence-corrected chi connectivity index (χ2v) is 9.02. The Morgan fingerprint density at radius 1 is 1.40 bits per heavy atom. The highest BCUT2D eigenvalue weighted by Crippen LogP contribution is 2.29. The second kappa shape index (κ2) is 8.86. The van der Waals surface area contributed by atoms with Crippen molar-refractivity contribution < 1.29 is 9.90 Å². The summed E-state index contributed by atoms with van der Waals surface area (Å²) in [5.41, 5.74) is 2.17. The molecule has 0 saturated heterocycles. The molecular formula is C20H30N2O2S. The van der Waals surface area contributed by atoms with Crippen LogP contribution in [0.25, 0.3) is 6.08 Å². The van der Waals surface area contributed by atoms with E-state index in [1.165, 1.54) is 0 Å². The number of carbonyl (C=O) groups is 1.